The van der Waals surface area contributed by atoms with Gasteiger partial charge in [-0.15, -0.1) is 0 Å². The SMILES string of the molecule is OCCOc1ccc(-c2nc3ccccn3c2F)cc1. The van der Waals surface area contributed by atoms with E-state index in [1.54, 1.807) is 42.6 Å². The summed E-state index contributed by atoms with van der Waals surface area (Å²) in [5, 5.41) is 8.69. The van der Waals surface area contributed by atoms with Crippen LogP contribution in [0.4, 0.5) is 4.39 Å². The molecule has 0 spiro atoms. The molecule has 0 unspecified atom stereocenters. The third kappa shape index (κ3) is 2.23. The van der Waals surface area contributed by atoms with E-state index in [-0.39, 0.29) is 19.2 Å². The summed E-state index contributed by atoms with van der Waals surface area (Å²) in [5.41, 5.74) is 1.56. The highest BCUT2D eigenvalue weighted by atomic mass is 19.1. The second-order valence-corrected chi connectivity index (χ2v) is 4.28. The van der Waals surface area contributed by atoms with E-state index >= 15 is 0 Å². The van der Waals surface area contributed by atoms with Gasteiger partial charge in [0.2, 0.25) is 5.95 Å². The molecule has 0 amide bonds. The van der Waals surface area contributed by atoms with E-state index in [0.717, 1.165) is 0 Å². The largest absolute Gasteiger partial charge is 0.491 e. The van der Waals surface area contributed by atoms with Crippen LogP contribution in [0.15, 0.2) is 48.7 Å². The van der Waals surface area contributed by atoms with E-state index in [1.807, 2.05) is 6.07 Å². The lowest BCUT2D eigenvalue weighted by Gasteiger charge is -2.04. The molecule has 0 aliphatic rings. The maximum absolute atomic E-state index is 14.3. The Labute approximate surface area is 115 Å². The number of rotatable bonds is 4. The van der Waals surface area contributed by atoms with Crippen LogP contribution in [0.2, 0.25) is 0 Å². The standard InChI is InChI=1S/C15H13FN2O2/c16-15-14(17-13-3-1-2-8-18(13)15)11-4-6-12(7-5-11)20-10-9-19/h1-8,19H,9-10H2. The minimum atomic E-state index is -0.385. The average molecular weight is 272 g/mol. The topological polar surface area (TPSA) is 46.8 Å². The van der Waals surface area contributed by atoms with Gasteiger partial charge in [0.1, 0.15) is 23.7 Å². The lowest BCUT2D eigenvalue weighted by Crippen LogP contribution is -2.01. The van der Waals surface area contributed by atoms with Crippen LogP contribution in [0, 0.1) is 5.95 Å². The molecule has 102 valence electrons. The molecule has 1 N–H and O–H groups in total. The maximum Gasteiger partial charge on any atom is 0.225 e. The van der Waals surface area contributed by atoms with Crippen molar-refractivity contribution in [3.63, 3.8) is 0 Å². The first kappa shape index (κ1) is 12.6. The molecule has 3 rings (SSSR count). The maximum atomic E-state index is 14.3. The molecule has 4 nitrogen and oxygen atoms in total. The van der Waals surface area contributed by atoms with Gasteiger partial charge in [0.05, 0.1) is 6.61 Å². The molecule has 2 aromatic heterocycles. The number of hydrogen-bond donors (Lipinski definition) is 1. The Kier molecular flexibility index (Phi) is 3.35. The van der Waals surface area contributed by atoms with Crippen molar-refractivity contribution in [2.45, 2.75) is 0 Å². The molecule has 0 bridgehead atoms. The smallest absolute Gasteiger partial charge is 0.225 e. The van der Waals surface area contributed by atoms with Crippen LogP contribution < -0.4 is 4.74 Å². The number of ether oxygens (including phenoxy) is 1. The molecule has 0 saturated carbocycles. The number of pyridine rings is 1. The van der Waals surface area contributed by atoms with Gasteiger partial charge in [-0.05, 0) is 36.4 Å². The first-order valence-electron chi connectivity index (χ1n) is 6.26. The molecule has 1 aromatic carbocycles. The fraction of sp³-hybridized carbons (Fsp3) is 0.133. The van der Waals surface area contributed by atoms with E-state index in [9.17, 15) is 4.39 Å². The van der Waals surface area contributed by atoms with Crippen LogP contribution in [-0.4, -0.2) is 27.7 Å². The van der Waals surface area contributed by atoms with Crippen molar-refractivity contribution >= 4 is 5.65 Å². The molecule has 0 aliphatic carbocycles. The minimum Gasteiger partial charge on any atom is -0.491 e. The fourth-order valence-electron chi connectivity index (χ4n) is 2.02. The minimum absolute atomic E-state index is 0.0389. The Morgan fingerprint density at radius 3 is 2.65 bits per heavy atom. The molecular formula is C15H13FN2O2. The van der Waals surface area contributed by atoms with Crippen molar-refractivity contribution in [2.75, 3.05) is 13.2 Å². The van der Waals surface area contributed by atoms with Crippen LogP contribution >= 0.6 is 0 Å². The molecule has 5 heteroatoms. The predicted octanol–water partition coefficient (Wildman–Crippen LogP) is 2.51. The van der Waals surface area contributed by atoms with Crippen molar-refractivity contribution in [1.82, 2.24) is 9.38 Å². The molecule has 0 radical (unpaired) electrons. The van der Waals surface area contributed by atoms with Gasteiger partial charge in [0.15, 0.2) is 0 Å². The Balaban J connectivity index is 1.96. The van der Waals surface area contributed by atoms with Gasteiger partial charge >= 0.3 is 0 Å². The van der Waals surface area contributed by atoms with Gasteiger partial charge in [0.25, 0.3) is 0 Å². The summed E-state index contributed by atoms with van der Waals surface area (Å²) in [4.78, 5) is 4.28. The third-order valence-corrected chi connectivity index (χ3v) is 2.96. The predicted molar refractivity (Wildman–Crippen MR) is 73.2 cm³/mol. The summed E-state index contributed by atoms with van der Waals surface area (Å²) >= 11 is 0. The van der Waals surface area contributed by atoms with Crippen molar-refractivity contribution in [2.24, 2.45) is 0 Å². The fourth-order valence-corrected chi connectivity index (χ4v) is 2.02. The quantitative estimate of drug-likeness (QED) is 0.793. The first-order chi connectivity index (χ1) is 9.79. The lowest BCUT2D eigenvalue weighted by atomic mass is 10.1. The van der Waals surface area contributed by atoms with Gasteiger partial charge in [-0.25, -0.2) is 4.98 Å². The van der Waals surface area contributed by atoms with Crippen LogP contribution in [-0.2, 0) is 0 Å². The number of nitrogens with zero attached hydrogens (tertiary/aromatic N) is 2. The third-order valence-electron chi connectivity index (χ3n) is 2.96. The summed E-state index contributed by atoms with van der Waals surface area (Å²) in [6.07, 6.45) is 1.64. The molecule has 0 saturated heterocycles. The number of aliphatic hydroxyl groups excluding tert-OH is 1. The zero-order valence-electron chi connectivity index (χ0n) is 10.7. The van der Waals surface area contributed by atoms with Gasteiger partial charge < -0.3 is 9.84 Å². The summed E-state index contributed by atoms with van der Waals surface area (Å²) in [6.45, 7) is 0.199. The van der Waals surface area contributed by atoms with Crippen molar-refractivity contribution in [3.05, 3.63) is 54.6 Å². The number of halogens is 1. The normalized spacial score (nSPS) is 10.9. The number of fused-ring (bicyclic) bond motifs is 1. The zero-order chi connectivity index (χ0) is 13.9. The Morgan fingerprint density at radius 2 is 1.95 bits per heavy atom. The molecule has 0 aliphatic heterocycles. The molecule has 3 aromatic rings. The van der Waals surface area contributed by atoms with Gasteiger partial charge in [-0.2, -0.15) is 4.39 Å². The van der Waals surface area contributed by atoms with Crippen LogP contribution in [0.1, 0.15) is 0 Å². The molecule has 0 atom stereocenters. The summed E-state index contributed by atoms with van der Waals surface area (Å²) in [5.74, 6) is 0.247. The molecule has 20 heavy (non-hydrogen) atoms. The first-order valence-corrected chi connectivity index (χ1v) is 6.26. The molecular weight excluding hydrogens is 259 g/mol. The van der Waals surface area contributed by atoms with E-state index in [1.165, 1.54) is 4.40 Å². The Morgan fingerprint density at radius 1 is 1.15 bits per heavy atom. The molecule has 0 fully saturated rings. The Bertz CT molecular complexity index is 722. The van der Waals surface area contributed by atoms with Crippen molar-refractivity contribution in [3.8, 4) is 17.0 Å². The van der Waals surface area contributed by atoms with Gasteiger partial charge in [-0.3, -0.25) is 4.40 Å². The monoisotopic (exact) mass is 272 g/mol. The van der Waals surface area contributed by atoms with Crippen LogP contribution in [0.25, 0.3) is 16.9 Å². The van der Waals surface area contributed by atoms with Crippen LogP contribution in [0.5, 0.6) is 5.75 Å². The van der Waals surface area contributed by atoms with E-state index in [0.29, 0.717) is 22.7 Å². The number of imidazole rings is 1. The van der Waals surface area contributed by atoms with Gasteiger partial charge in [0, 0.05) is 11.8 Å². The highest BCUT2D eigenvalue weighted by Gasteiger charge is 2.13. The number of hydrogen-bond acceptors (Lipinski definition) is 3. The second-order valence-electron chi connectivity index (χ2n) is 4.28. The number of benzene rings is 1. The summed E-state index contributed by atoms with van der Waals surface area (Å²) in [6, 6.07) is 12.3. The van der Waals surface area contributed by atoms with Crippen LogP contribution in [0.3, 0.4) is 0 Å². The van der Waals surface area contributed by atoms with E-state index in [2.05, 4.69) is 4.98 Å². The molecule has 2 heterocycles. The Hall–Kier alpha value is -2.40. The van der Waals surface area contributed by atoms with E-state index < -0.39 is 0 Å². The number of aromatic nitrogens is 2. The summed E-state index contributed by atoms with van der Waals surface area (Å²) < 4.78 is 20.9. The van der Waals surface area contributed by atoms with E-state index in [4.69, 9.17) is 9.84 Å². The second kappa shape index (κ2) is 5.30. The van der Waals surface area contributed by atoms with Gasteiger partial charge in [-0.1, -0.05) is 6.07 Å². The lowest BCUT2D eigenvalue weighted by molar-refractivity contribution is 0.201. The average Bonchev–Trinajstić information content (AvgIpc) is 2.83. The van der Waals surface area contributed by atoms with Crippen molar-refractivity contribution in [1.29, 1.82) is 0 Å². The zero-order valence-corrected chi connectivity index (χ0v) is 10.7. The van der Waals surface area contributed by atoms with Crippen molar-refractivity contribution < 1.29 is 14.2 Å². The highest BCUT2D eigenvalue weighted by Crippen LogP contribution is 2.25. The number of aliphatic hydroxyl groups is 1. The highest BCUT2D eigenvalue weighted by molar-refractivity contribution is 5.64. The summed E-state index contributed by atoms with van der Waals surface area (Å²) in [7, 11) is 0.